The van der Waals surface area contributed by atoms with Crippen molar-refractivity contribution in [3.63, 3.8) is 0 Å². The summed E-state index contributed by atoms with van der Waals surface area (Å²) in [6.07, 6.45) is 0. The van der Waals surface area contributed by atoms with Crippen LogP contribution in [0.4, 0.5) is 11.4 Å². The molecule has 3 aromatic rings. The van der Waals surface area contributed by atoms with E-state index in [0.29, 0.717) is 5.76 Å². The van der Waals surface area contributed by atoms with E-state index in [-0.39, 0.29) is 5.91 Å². The van der Waals surface area contributed by atoms with Gasteiger partial charge in [-0.25, -0.2) is 0 Å². The SMILES string of the molecule is Cc1c(C(=O)Nc2ccc(N3CCN(C)CC3)cc2)oc2ccccc12. The number of anilines is 2. The van der Waals surface area contributed by atoms with Gasteiger partial charge in [-0.1, -0.05) is 18.2 Å². The highest BCUT2D eigenvalue weighted by Crippen LogP contribution is 2.26. The smallest absolute Gasteiger partial charge is 0.291 e. The van der Waals surface area contributed by atoms with Crippen molar-refractivity contribution in [1.82, 2.24) is 4.90 Å². The molecule has 1 aromatic heterocycles. The van der Waals surface area contributed by atoms with Crippen LogP contribution in [-0.2, 0) is 0 Å². The zero-order valence-electron chi connectivity index (χ0n) is 15.2. The van der Waals surface area contributed by atoms with E-state index in [0.717, 1.165) is 48.4 Å². The zero-order valence-corrected chi connectivity index (χ0v) is 15.2. The number of nitrogens with zero attached hydrogens (tertiary/aromatic N) is 2. The molecule has 5 heteroatoms. The number of furan rings is 1. The van der Waals surface area contributed by atoms with Gasteiger partial charge in [0.2, 0.25) is 0 Å². The molecule has 0 spiro atoms. The number of piperazine rings is 1. The van der Waals surface area contributed by atoms with Gasteiger partial charge in [0.1, 0.15) is 5.58 Å². The van der Waals surface area contributed by atoms with Crippen molar-refractivity contribution in [3.05, 3.63) is 59.9 Å². The third kappa shape index (κ3) is 3.18. The number of carbonyl (C=O) groups excluding carboxylic acids is 1. The predicted octanol–water partition coefficient (Wildman–Crippen LogP) is 3.75. The summed E-state index contributed by atoms with van der Waals surface area (Å²) in [6.45, 7) is 6.12. The number of fused-ring (bicyclic) bond motifs is 1. The Hall–Kier alpha value is -2.79. The highest BCUT2D eigenvalue weighted by Gasteiger charge is 2.18. The van der Waals surface area contributed by atoms with Crippen molar-refractivity contribution in [2.45, 2.75) is 6.92 Å². The van der Waals surface area contributed by atoms with Gasteiger partial charge in [0.25, 0.3) is 5.91 Å². The summed E-state index contributed by atoms with van der Waals surface area (Å²) in [5.41, 5.74) is 3.57. The van der Waals surface area contributed by atoms with Gasteiger partial charge in [-0.3, -0.25) is 4.79 Å². The van der Waals surface area contributed by atoms with Crippen molar-refractivity contribution in [2.24, 2.45) is 0 Å². The zero-order chi connectivity index (χ0) is 18.1. The molecule has 0 aliphatic carbocycles. The first kappa shape index (κ1) is 16.7. The number of hydrogen-bond acceptors (Lipinski definition) is 4. The summed E-state index contributed by atoms with van der Waals surface area (Å²) in [5, 5.41) is 3.91. The molecule has 4 rings (SSSR count). The summed E-state index contributed by atoms with van der Waals surface area (Å²) >= 11 is 0. The Morgan fingerprint density at radius 2 is 1.69 bits per heavy atom. The second-order valence-corrected chi connectivity index (χ2v) is 6.84. The Morgan fingerprint density at radius 1 is 1.00 bits per heavy atom. The highest BCUT2D eigenvalue weighted by atomic mass is 16.3. The first-order chi connectivity index (χ1) is 12.6. The van der Waals surface area contributed by atoms with Gasteiger partial charge in [-0.2, -0.15) is 0 Å². The van der Waals surface area contributed by atoms with Crippen LogP contribution in [-0.4, -0.2) is 44.0 Å². The number of rotatable bonds is 3. The van der Waals surface area contributed by atoms with Gasteiger partial charge >= 0.3 is 0 Å². The lowest BCUT2D eigenvalue weighted by Gasteiger charge is -2.34. The number of amides is 1. The fourth-order valence-electron chi connectivity index (χ4n) is 3.40. The third-order valence-corrected chi connectivity index (χ3v) is 5.04. The van der Waals surface area contributed by atoms with E-state index >= 15 is 0 Å². The van der Waals surface area contributed by atoms with Crippen molar-refractivity contribution < 1.29 is 9.21 Å². The molecule has 0 bridgehead atoms. The maximum absolute atomic E-state index is 12.6. The average molecular weight is 349 g/mol. The largest absolute Gasteiger partial charge is 0.451 e. The Morgan fingerprint density at radius 3 is 2.38 bits per heavy atom. The molecule has 1 N–H and O–H groups in total. The second-order valence-electron chi connectivity index (χ2n) is 6.84. The summed E-state index contributed by atoms with van der Waals surface area (Å²) in [4.78, 5) is 17.3. The summed E-state index contributed by atoms with van der Waals surface area (Å²) in [6, 6.07) is 15.7. The number of nitrogens with one attached hydrogen (secondary N) is 1. The molecule has 1 amide bonds. The van der Waals surface area contributed by atoms with Crippen LogP contribution < -0.4 is 10.2 Å². The highest BCUT2D eigenvalue weighted by molar-refractivity contribution is 6.06. The van der Waals surface area contributed by atoms with Crippen molar-refractivity contribution >= 4 is 28.3 Å². The Kier molecular flexibility index (Phi) is 4.39. The van der Waals surface area contributed by atoms with E-state index in [1.165, 1.54) is 5.69 Å². The summed E-state index contributed by atoms with van der Waals surface area (Å²) in [7, 11) is 2.15. The lowest BCUT2D eigenvalue weighted by atomic mass is 10.1. The molecule has 0 atom stereocenters. The fourth-order valence-corrected chi connectivity index (χ4v) is 3.40. The molecule has 26 heavy (non-hydrogen) atoms. The second kappa shape index (κ2) is 6.84. The molecular weight excluding hydrogens is 326 g/mol. The molecule has 0 saturated carbocycles. The van der Waals surface area contributed by atoms with Crippen LogP contribution in [0.5, 0.6) is 0 Å². The van der Waals surface area contributed by atoms with Gasteiger partial charge in [0.05, 0.1) is 0 Å². The third-order valence-electron chi connectivity index (χ3n) is 5.04. The van der Waals surface area contributed by atoms with E-state index in [2.05, 4.69) is 34.3 Å². The van der Waals surface area contributed by atoms with Crippen LogP contribution in [0.25, 0.3) is 11.0 Å². The molecule has 2 aromatic carbocycles. The van der Waals surface area contributed by atoms with Crippen LogP contribution >= 0.6 is 0 Å². The molecular formula is C21H23N3O2. The molecule has 1 fully saturated rings. The number of para-hydroxylation sites is 1. The topological polar surface area (TPSA) is 48.7 Å². The van der Waals surface area contributed by atoms with Crippen LogP contribution in [0.2, 0.25) is 0 Å². The quantitative estimate of drug-likeness (QED) is 0.782. The standard InChI is InChI=1S/C21H23N3O2/c1-15-18-5-3-4-6-19(18)26-20(15)21(25)22-16-7-9-17(10-8-16)24-13-11-23(2)12-14-24/h3-10H,11-14H2,1-2H3,(H,22,25). The number of likely N-dealkylation sites (N-methyl/N-ethyl adjacent to an activating group) is 1. The van der Waals surface area contributed by atoms with Crippen LogP contribution in [0.3, 0.4) is 0 Å². The van der Waals surface area contributed by atoms with E-state index in [1.807, 2.05) is 43.3 Å². The maximum atomic E-state index is 12.6. The monoisotopic (exact) mass is 349 g/mol. The lowest BCUT2D eigenvalue weighted by Crippen LogP contribution is -2.44. The van der Waals surface area contributed by atoms with Crippen LogP contribution in [0.1, 0.15) is 16.1 Å². The molecule has 1 saturated heterocycles. The minimum absolute atomic E-state index is 0.217. The summed E-state index contributed by atoms with van der Waals surface area (Å²) in [5.74, 6) is 0.153. The van der Waals surface area contributed by atoms with Gasteiger partial charge in [-0.05, 0) is 44.3 Å². The fraction of sp³-hybridized carbons (Fsp3) is 0.286. The number of hydrogen-bond donors (Lipinski definition) is 1. The first-order valence-corrected chi connectivity index (χ1v) is 8.95. The van der Waals surface area contributed by atoms with Gasteiger partial charge in [0, 0.05) is 48.5 Å². The molecule has 2 heterocycles. The minimum atomic E-state index is -0.217. The first-order valence-electron chi connectivity index (χ1n) is 8.95. The Bertz CT molecular complexity index is 922. The Balaban J connectivity index is 1.48. The Labute approximate surface area is 153 Å². The molecule has 1 aliphatic rings. The normalized spacial score (nSPS) is 15.4. The number of carbonyl (C=O) groups is 1. The van der Waals surface area contributed by atoms with E-state index in [4.69, 9.17) is 4.42 Å². The predicted molar refractivity (Wildman–Crippen MR) is 105 cm³/mol. The lowest BCUT2D eigenvalue weighted by molar-refractivity contribution is 0.0998. The average Bonchev–Trinajstić information content (AvgIpc) is 3.00. The molecule has 134 valence electrons. The maximum Gasteiger partial charge on any atom is 0.291 e. The van der Waals surface area contributed by atoms with Crippen LogP contribution in [0.15, 0.2) is 52.9 Å². The molecule has 5 nitrogen and oxygen atoms in total. The molecule has 0 radical (unpaired) electrons. The number of aryl methyl sites for hydroxylation is 1. The minimum Gasteiger partial charge on any atom is -0.451 e. The van der Waals surface area contributed by atoms with E-state index in [9.17, 15) is 4.79 Å². The van der Waals surface area contributed by atoms with Crippen LogP contribution in [0, 0.1) is 6.92 Å². The molecule has 1 aliphatic heterocycles. The summed E-state index contributed by atoms with van der Waals surface area (Å²) < 4.78 is 5.74. The van der Waals surface area contributed by atoms with Crippen molar-refractivity contribution in [3.8, 4) is 0 Å². The van der Waals surface area contributed by atoms with Gasteiger partial charge in [0.15, 0.2) is 5.76 Å². The van der Waals surface area contributed by atoms with Crippen molar-refractivity contribution in [1.29, 1.82) is 0 Å². The van der Waals surface area contributed by atoms with Gasteiger partial charge in [-0.15, -0.1) is 0 Å². The van der Waals surface area contributed by atoms with E-state index < -0.39 is 0 Å². The number of benzene rings is 2. The van der Waals surface area contributed by atoms with Crippen molar-refractivity contribution in [2.75, 3.05) is 43.4 Å². The molecule has 0 unspecified atom stereocenters. The van der Waals surface area contributed by atoms with Gasteiger partial charge < -0.3 is 19.5 Å². The van der Waals surface area contributed by atoms with E-state index in [1.54, 1.807) is 0 Å².